The van der Waals surface area contributed by atoms with Gasteiger partial charge >= 0.3 is 18.0 Å². The number of rotatable bonds is 10. The molecule has 1 amide bonds. The maximum Gasteiger partial charge on any atom is 0.460 e. The minimum Gasteiger partial charge on any atom is -0.396 e. The van der Waals surface area contributed by atoms with E-state index in [0.717, 1.165) is 12.1 Å². The van der Waals surface area contributed by atoms with Gasteiger partial charge in [0.2, 0.25) is 5.16 Å². The lowest BCUT2D eigenvalue weighted by Gasteiger charge is -2.28. The predicted octanol–water partition coefficient (Wildman–Crippen LogP) is 4.93. The first kappa shape index (κ1) is 30.6. The second-order valence-electron chi connectivity index (χ2n) is 7.72. The maximum atomic E-state index is 14.5. The third-order valence-electron chi connectivity index (χ3n) is 5.04. The molecule has 20 heteroatoms. The van der Waals surface area contributed by atoms with Crippen LogP contribution in [0.3, 0.4) is 0 Å². The van der Waals surface area contributed by atoms with Gasteiger partial charge in [-0.2, -0.15) is 30.7 Å². The number of aliphatic hydroxyl groups excluding tert-OH is 1. The Bertz CT molecular complexity index is 1410. The van der Waals surface area contributed by atoms with Crippen molar-refractivity contribution in [3.63, 3.8) is 0 Å². The van der Waals surface area contributed by atoms with Gasteiger partial charge in [0.15, 0.2) is 0 Å². The highest BCUT2D eigenvalue weighted by atomic mass is 32.2. The van der Waals surface area contributed by atoms with E-state index in [4.69, 9.17) is 5.11 Å². The second kappa shape index (κ2) is 11.3. The van der Waals surface area contributed by atoms with E-state index in [1.165, 1.54) is 4.68 Å². The topological polar surface area (TPSA) is 136 Å². The Morgan fingerprint density at radius 2 is 1.70 bits per heavy atom. The number of aliphatic hydroxyl groups is 1. The quantitative estimate of drug-likeness (QED) is 0.189. The van der Waals surface area contributed by atoms with Crippen molar-refractivity contribution in [2.45, 2.75) is 41.0 Å². The number of nitro groups is 1. The molecular formula is C20H13F9N6O4S. The van der Waals surface area contributed by atoms with Crippen LogP contribution in [0.15, 0.2) is 40.4 Å². The van der Waals surface area contributed by atoms with Gasteiger partial charge in [-0.1, -0.05) is 0 Å². The number of halogens is 9. The van der Waals surface area contributed by atoms with Gasteiger partial charge in [0.05, 0.1) is 10.5 Å². The first-order valence-electron chi connectivity index (χ1n) is 10.5. The zero-order valence-electron chi connectivity index (χ0n) is 19.2. The maximum absolute atomic E-state index is 14.5. The molecule has 1 aromatic heterocycles. The molecule has 3 aromatic rings. The van der Waals surface area contributed by atoms with E-state index in [-0.39, 0.29) is 29.6 Å². The van der Waals surface area contributed by atoms with Crippen LogP contribution < -0.4 is 5.32 Å². The molecule has 10 nitrogen and oxygen atoms in total. The molecule has 3 rings (SSSR count). The predicted molar refractivity (Wildman–Crippen MR) is 116 cm³/mol. The third-order valence-corrected chi connectivity index (χ3v) is 6.09. The number of hydrogen-bond acceptors (Lipinski definition) is 8. The number of nitrogens with zero attached hydrogens (tertiary/aromatic N) is 5. The van der Waals surface area contributed by atoms with Gasteiger partial charge in [0.25, 0.3) is 11.6 Å². The summed E-state index contributed by atoms with van der Waals surface area (Å²) >= 11 is 0.662. The molecule has 1 heterocycles. The average Bonchev–Trinajstić information content (AvgIpc) is 3.30. The number of aromatic nitrogens is 4. The molecule has 0 saturated carbocycles. The van der Waals surface area contributed by atoms with Crippen LogP contribution in [0, 0.1) is 21.7 Å². The number of carbonyl (C=O) groups excluding carboxylic acids is 1. The normalized spacial score (nSPS) is 12.4. The van der Waals surface area contributed by atoms with Crippen molar-refractivity contribution >= 4 is 29.0 Å². The number of carbonyl (C=O) groups is 1. The average molecular weight is 604 g/mol. The number of anilines is 1. The zero-order chi connectivity index (χ0) is 30.0. The molecule has 0 spiro atoms. The van der Waals surface area contributed by atoms with Crippen molar-refractivity contribution in [1.29, 1.82) is 0 Å². The summed E-state index contributed by atoms with van der Waals surface area (Å²) in [6.07, 6.45) is -6.56. The smallest absolute Gasteiger partial charge is 0.396 e. The summed E-state index contributed by atoms with van der Waals surface area (Å²) in [5.74, 6) is -18.6. The summed E-state index contributed by atoms with van der Waals surface area (Å²) in [6, 6.07) is 1.66. The van der Waals surface area contributed by atoms with E-state index in [2.05, 4.69) is 15.5 Å². The fourth-order valence-corrected chi connectivity index (χ4v) is 3.95. The van der Waals surface area contributed by atoms with Gasteiger partial charge in [-0.15, -0.1) is 5.10 Å². The molecule has 2 aromatic carbocycles. The standard InChI is InChI=1S/C20H13F9N6O4S/c21-12-6-9(18(23,24)19(25,26)20(27,28)29)7-13(22)15(12)30-16(37)11-8-10(35(38)39)2-3-14(11)40-17-31-32-33-34(17)4-1-5-36/h2-3,6-8,36H,1,4-5H2,(H,30,37). The van der Waals surface area contributed by atoms with E-state index in [9.17, 15) is 54.4 Å². The van der Waals surface area contributed by atoms with Crippen molar-refractivity contribution < 1.29 is 54.3 Å². The monoisotopic (exact) mass is 604 g/mol. The van der Waals surface area contributed by atoms with Gasteiger partial charge in [-0.25, -0.2) is 13.5 Å². The van der Waals surface area contributed by atoms with Crippen molar-refractivity contribution in [3.05, 3.63) is 63.2 Å². The minimum atomic E-state index is -6.77. The molecule has 0 aliphatic rings. The molecule has 0 radical (unpaired) electrons. The van der Waals surface area contributed by atoms with Gasteiger partial charge in [-0.3, -0.25) is 14.9 Å². The summed E-state index contributed by atoms with van der Waals surface area (Å²) in [5, 5.41) is 32.5. The number of non-ortho nitro benzene ring substituents is 1. The first-order valence-corrected chi connectivity index (χ1v) is 11.3. The number of hydrogen-bond donors (Lipinski definition) is 2. The number of aryl methyl sites for hydroxylation is 1. The van der Waals surface area contributed by atoms with E-state index in [0.29, 0.717) is 17.8 Å². The van der Waals surface area contributed by atoms with Crippen LogP contribution in [0.2, 0.25) is 0 Å². The van der Waals surface area contributed by atoms with Gasteiger partial charge in [0.1, 0.15) is 17.3 Å². The summed E-state index contributed by atoms with van der Waals surface area (Å²) in [4.78, 5) is 23.0. The molecule has 0 aliphatic carbocycles. The fourth-order valence-electron chi connectivity index (χ4n) is 3.04. The summed E-state index contributed by atoms with van der Waals surface area (Å²) in [6.45, 7) is -0.119. The summed E-state index contributed by atoms with van der Waals surface area (Å²) < 4.78 is 122. The molecule has 0 saturated heterocycles. The third kappa shape index (κ3) is 5.96. The lowest BCUT2D eigenvalue weighted by Crippen LogP contribution is -2.50. The highest BCUT2D eigenvalue weighted by Gasteiger charge is 2.73. The molecule has 40 heavy (non-hydrogen) atoms. The Morgan fingerprint density at radius 1 is 1.07 bits per heavy atom. The minimum absolute atomic E-state index is 0.0193. The van der Waals surface area contributed by atoms with Crippen LogP contribution in [-0.2, 0) is 12.5 Å². The van der Waals surface area contributed by atoms with Crippen LogP contribution in [0.5, 0.6) is 0 Å². The van der Waals surface area contributed by atoms with E-state index >= 15 is 0 Å². The number of benzene rings is 2. The lowest BCUT2D eigenvalue weighted by molar-refractivity contribution is -0.384. The Kier molecular flexibility index (Phi) is 8.63. The second-order valence-corrected chi connectivity index (χ2v) is 8.73. The Labute approximate surface area is 220 Å². The summed E-state index contributed by atoms with van der Waals surface area (Å²) in [5.41, 5.74) is -5.16. The Hall–Kier alpha value is -3.94. The number of tetrazole rings is 1. The van der Waals surface area contributed by atoms with Crippen LogP contribution in [0.1, 0.15) is 22.3 Å². The van der Waals surface area contributed by atoms with Gasteiger partial charge in [-0.05, 0) is 46.8 Å². The van der Waals surface area contributed by atoms with Crippen LogP contribution >= 0.6 is 11.8 Å². The van der Waals surface area contributed by atoms with Crippen molar-refractivity contribution in [1.82, 2.24) is 20.2 Å². The Morgan fingerprint density at radius 3 is 2.25 bits per heavy atom. The molecule has 216 valence electrons. The molecular weight excluding hydrogens is 591 g/mol. The molecule has 0 aliphatic heterocycles. The van der Waals surface area contributed by atoms with Crippen molar-refractivity contribution in [2.24, 2.45) is 0 Å². The number of alkyl halides is 7. The van der Waals surface area contributed by atoms with E-state index < -0.39 is 75.1 Å². The van der Waals surface area contributed by atoms with Gasteiger partial charge in [0, 0.05) is 35.7 Å². The van der Waals surface area contributed by atoms with Crippen LogP contribution in [-0.4, -0.2) is 54.8 Å². The highest BCUT2D eigenvalue weighted by Crippen LogP contribution is 2.52. The molecule has 0 fully saturated rings. The molecule has 0 unspecified atom stereocenters. The number of nitro benzene ring substituents is 1. The molecule has 0 bridgehead atoms. The van der Waals surface area contributed by atoms with Crippen LogP contribution in [0.25, 0.3) is 0 Å². The van der Waals surface area contributed by atoms with Crippen molar-refractivity contribution in [2.75, 3.05) is 11.9 Å². The largest absolute Gasteiger partial charge is 0.460 e. The SMILES string of the molecule is O=C(Nc1c(F)cc(C(F)(F)C(F)(F)C(F)(F)F)cc1F)c1cc([N+](=O)[O-])ccc1Sc1nnnn1CCCO. The molecule has 0 atom stereocenters. The van der Waals surface area contributed by atoms with Crippen molar-refractivity contribution in [3.8, 4) is 0 Å². The highest BCUT2D eigenvalue weighted by molar-refractivity contribution is 7.99. The van der Waals surface area contributed by atoms with Gasteiger partial charge < -0.3 is 10.4 Å². The summed E-state index contributed by atoms with van der Waals surface area (Å²) in [7, 11) is 0. The van der Waals surface area contributed by atoms with E-state index in [1.807, 2.05) is 0 Å². The Balaban J connectivity index is 1.99. The number of nitrogens with one attached hydrogen (secondary N) is 1. The number of amides is 1. The molecule has 2 N–H and O–H groups in total. The lowest BCUT2D eigenvalue weighted by atomic mass is 10.0. The first-order chi connectivity index (χ1) is 18.5. The van der Waals surface area contributed by atoms with Crippen LogP contribution in [0.4, 0.5) is 50.9 Å². The fraction of sp³-hybridized carbons (Fsp3) is 0.300. The van der Waals surface area contributed by atoms with E-state index in [1.54, 1.807) is 5.32 Å². The zero-order valence-corrected chi connectivity index (χ0v) is 20.0.